The molecule has 8 heteroatoms. The van der Waals surface area contributed by atoms with Crippen LogP contribution < -0.4 is 4.72 Å². The molecule has 3 rings (SSSR count). The van der Waals surface area contributed by atoms with Gasteiger partial charge in [-0.3, -0.25) is 4.79 Å². The average molecular weight is 506 g/mol. The number of aryl methyl sites for hydroxylation is 1. The van der Waals surface area contributed by atoms with Gasteiger partial charge in [0.15, 0.2) is 0 Å². The molecule has 31 heavy (non-hydrogen) atoms. The second-order valence-electron chi connectivity index (χ2n) is 7.05. The van der Waals surface area contributed by atoms with Crippen LogP contribution in [0.1, 0.15) is 35.6 Å². The van der Waals surface area contributed by atoms with Crippen molar-refractivity contribution in [2.75, 3.05) is 0 Å². The average Bonchev–Trinajstić information content (AvgIpc) is 2.73. The molecule has 0 heterocycles. The summed E-state index contributed by atoms with van der Waals surface area (Å²) in [4.78, 5) is 10.8. The predicted molar refractivity (Wildman–Crippen MR) is 120 cm³/mol. The fraction of sp³-hybridized carbons (Fsp3) is 0.174. The summed E-state index contributed by atoms with van der Waals surface area (Å²) >= 11 is 3.29. The summed E-state index contributed by atoms with van der Waals surface area (Å²) in [5, 5.41) is 8.78. The molecule has 0 radical (unpaired) electrons. The van der Waals surface area contributed by atoms with E-state index in [9.17, 15) is 17.6 Å². The molecule has 0 saturated heterocycles. The number of aliphatic carboxylic acids is 1. The standard InChI is InChI=1S/C23H21BrFNO4S/c24-19-10-14-21(15-11-19)31(29,30)26-23(18-8-12-20(25)13-9-18)17-6-4-16(5-7-17)2-1-3-22(27)28/h4-15,23,26H,1-3H2,(H,27,28). The van der Waals surface area contributed by atoms with Crippen molar-refractivity contribution in [2.45, 2.75) is 30.2 Å². The van der Waals surface area contributed by atoms with Gasteiger partial charge >= 0.3 is 5.97 Å². The van der Waals surface area contributed by atoms with Gasteiger partial charge in [0.1, 0.15) is 5.82 Å². The highest BCUT2D eigenvalue weighted by atomic mass is 79.9. The Hall–Kier alpha value is -2.55. The van der Waals surface area contributed by atoms with Crippen molar-refractivity contribution < 1.29 is 22.7 Å². The molecular formula is C23H21BrFNO4S. The van der Waals surface area contributed by atoms with E-state index >= 15 is 0 Å². The fourth-order valence-corrected chi connectivity index (χ4v) is 4.62. The van der Waals surface area contributed by atoms with E-state index in [1.165, 1.54) is 24.3 Å². The molecule has 5 nitrogen and oxygen atoms in total. The summed E-state index contributed by atoms with van der Waals surface area (Å²) in [6.45, 7) is 0. The second kappa shape index (κ2) is 10.2. The van der Waals surface area contributed by atoms with Crippen molar-refractivity contribution >= 4 is 31.9 Å². The monoisotopic (exact) mass is 505 g/mol. The zero-order chi connectivity index (χ0) is 22.4. The molecule has 3 aromatic rings. The van der Waals surface area contributed by atoms with Gasteiger partial charge in [-0.15, -0.1) is 0 Å². The van der Waals surface area contributed by atoms with Crippen LogP contribution in [-0.4, -0.2) is 19.5 Å². The van der Waals surface area contributed by atoms with Gasteiger partial charge in [0, 0.05) is 10.9 Å². The number of carboxylic acids is 1. The van der Waals surface area contributed by atoms with Crippen LogP contribution in [0, 0.1) is 5.82 Å². The van der Waals surface area contributed by atoms with Gasteiger partial charge in [-0.25, -0.2) is 12.8 Å². The van der Waals surface area contributed by atoms with Crippen molar-refractivity contribution in [3.05, 3.63) is 99.8 Å². The molecule has 0 aromatic heterocycles. The van der Waals surface area contributed by atoms with Gasteiger partial charge in [0.05, 0.1) is 10.9 Å². The number of sulfonamides is 1. The number of nitrogens with one attached hydrogen (secondary N) is 1. The van der Waals surface area contributed by atoms with E-state index in [2.05, 4.69) is 20.7 Å². The Balaban J connectivity index is 1.89. The lowest BCUT2D eigenvalue weighted by Gasteiger charge is -2.20. The molecule has 1 unspecified atom stereocenters. The molecule has 0 aliphatic rings. The third kappa shape index (κ3) is 6.46. The van der Waals surface area contributed by atoms with E-state index in [0.717, 1.165) is 10.0 Å². The third-order valence-corrected chi connectivity index (χ3v) is 6.74. The van der Waals surface area contributed by atoms with E-state index in [-0.39, 0.29) is 11.3 Å². The van der Waals surface area contributed by atoms with Crippen molar-refractivity contribution in [1.29, 1.82) is 0 Å². The number of benzene rings is 3. The van der Waals surface area contributed by atoms with Gasteiger partial charge in [0.25, 0.3) is 0 Å². The van der Waals surface area contributed by atoms with E-state index in [0.29, 0.717) is 24.0 Å². The number of rotatable bonds is 9. The normalized spacial score (nSPS) is 12.5. The maximum absolute atomic E-state index is 13.4. The van der Waals surface area contributed by atoms with E-state index in [1.807, 2.05) is 12.1 Å². The number of halogens is 2. The van der Waals surface area contributed by atoms with Crippen LogP contribution in [-0.2, 0) is 21.2 Å². The predicted octanol–water partition coefficient (Wildman–Crippen LogP) is 5.06. The van der Waals surface area contributed by atoms with E-state index in [1.54, 1.807) is 36.4 Å². The van der Waals surface area contributed by atoms with Crippen molar-refractivity contribution in [2.24, 2.45) is 0 Å². The zero-order valence-electron chi connectivity index (χ0n) is 16.5. The van der Waals surface area contributed by atoms with Crippen molar-refractivity contribution in [3.8, 4) is 0 Å². The SMILES string of the molecule is O=C(O)CCCc1ccc(C(NS(=O)(=O)c2ccc(Br)cc2)c2ccc(F)cc2)cc1. The molecule has 3 aromatic carbocycles. The van der Waals surface area contributed by atoms with Crippen LogP contribution >= 0.6 is 15.9 Å². The summed E-state index contributed by atoms with van der Waals surface area (Å²) in [6, 6.07) is 18.5. The quantitative estimate of drug-likeness (QED) is 0.425. The first-order chi connectivity index (χ1) is 14.7. The molecule has 0 aliphatic heterocycles. The van der Waals surface area contributed by atoms with Gasteiger partial charge in [0.2, 0.25) is 10.0 Å². The minimum atomic E-state index is -3.85. The number of hydrogen-bond acceptors (Lipinski definition) is 3. The highest BCUT2D eigenvalue weighted by Crippen LogP contribution is 2.26. The van der Waals surface area contributed by atoms with Gasteiger partial charge in [-0.05, 0) is 65.9 Å². The van der Waals surface area contributed by atoms with Crippen LogP contribution in [0.3, 0.4) is 0 Å². The van der Waals surface area contributed by atoms with Crippen LogP contribution in [0.2, 0.25) is 0 Å². The Morgan fingerprint density at radius 2 is 1.48 bits per heavy atom. The Morgan fingerprint density at radius 3 is 2.03 bits per heavy atom. The molecular weight excluding hydrogens is 485 g/mol. The first kappa shape index (κ1) is 23.1. The van der Waals surface area contributed by atoms with E-state index < -0.39 is 27.9 Å². The minimum absolute atomic E-state index is 0.0902. The van der Waals surface area contributed by atoms with Crippen molar-refractivity contribution in [1.82, 2.24) is 4.72 Å². The molecule has 0 saturated carbocycles. The maximum Gasteiger partial charge on any atom is 0.303 e. The first-order valence-corrected chi connectivity index (χ1v) is 11.9. The summed E-state index contributed by atoms with van der Waals surface area (Å²) < 4.78 is 42.9. The Labute approximate surface area is 189 Å². The van der Waals surface area contributed by atoms with Gasteiger partial charge < -0.3 is 5.11 Å². The third-order valence-electron chi connectivity index (χ3n) is 4.77. The summed E-state index contributed by atoms with van der Waals surface area (Å²) in [7, 11) is -3.85. The largest absolute Gasteiger partial charge is 0.481 e. The van der Waals surface area contributed by atoms with Gasteiger partial charge in [-0.1, -0.05) is 52.3 Å². The maximum atomic E-state index is 13.4. The zero-order valence-corrected chi connectivity index (χ0v) is 18.9. The molecule has 0 amide bonds. The first-order valence-electron chi connectivity index (χ1n) is 9.58. The number of carboxylic acid groups (broad SMARTS) is 1. The molecule has 0 fully saturated rings. The highest BCUT2D eigenvalue weighted by molar-refractivity contribution is 9.10. The summed E-state index contributed by atoms with van der Waals surface area (Å²) in [6.07, 6.45) is 1.22. The minimum Gasteiger partial charge on any atom is -0.481 e. The van der Waals surface area contributed by atoms with Crippen molar-refractivity contribution in [3.63, 3.8) is 0 Å². The highest BCUT2D eigenvalue weighted by Gasteiger charge is 2.23. The topological polar surface area (TPSA) is 83.5 Å². The lowest BCUT2D eigenvalue weighted by molar-refractivity contribution is -0.137. The summed E-state index contributed by atoms with van der Waals surface area (Å²) in [5.41, 5.74) is 2.24. The summed E-state index contributed by atoms with van der Waals surface area (Å²) in [5.74, 6) is -1.25. The second-order valence-corrected chi connectivity index (χ2v) is 9.68. The smallest absolute Gasteiger partial charge is 0.303 e. The molecule has 0 spiro atoms. The van der Waals surface area contributed by atoms with Crippen LogP contribution in [0.5, 0.6) is 0 Å². The Bertz CT molecular complexity index is 1130. The lowest BCUT2D eigenvalue weighted by Crippen LogP contribution is -2.29. The molecule has 1 atom stereocenters. The molecule has 2 N–H and O–H groups in total. The Kier molecular flexibility index (Phi) is 7.59. The molecule has 0 bridgehead atoms. The Morgan fingerprint density at radius 1 is 0.935 bits per heavy atom. The lowest BCUT2D eigenvalue weighted by atomic mass is 9.97. The molecule has 162 valence electrons. The number of carbonyl (C=O) groups is 1. The van der Waals surface area contributed by atoms with E-state index in [4.69, 9.17) is 5.11 Å². The molecule has 0 aliphatic carbocycles. The van der Waals surface area contributed by atoms with Crippen LogP contribution in [0.15, 0.2) is 82.2 Å². The fourth-order valence-electron chi connectivity index (χ4n) is 3.14. The van der Waals surface area contributed by atoms with Gasteiger partial charge in [-0.2, -0.15) is 4.72 Å². The van der Waals surface area contributed by atoms with Crippen LogP contribution in [0.4, 0.5) is 4.39 Å². The van der Waals surface area contributed by atoms with Crippen LogP contribution in [0.25, 0.3) is 0 Å². The number of hydrogen-bond donors (Lipinski definition) is 2.